The van der Waals surface area contributed by atoms with Crippen LogP contribution in [0.25, 0.3) is 0 Å². The van der Waals surface area contributed by atoms with Crippen molar-refractivity contribution in [2.45, 2.75) is 19.3 Å². The molecule has 0 atom stereocenters. The minimum atomic E-state index is 0.152. The molecule has 51 valence electrons. The van der Waals surface area contributed by atoms with E-state index in [1.807, 2.05) is 0 Å². The molecule has 10 heavy (non-hydrogen) atoms. The molecule has 0 unspecified atom stereocenters. The Hall–Kier alpha value is -1.12. The number of rotatable bonds is 0. The van der Waals surface area contributed by atoms with Gasteiger partial charge in [-0.15, -0.1) is 5.43 Å². The Labute approximate surface area is 58.8 Å². The first kappa shape index (κ1) is 5.65. The first-order chi connectivity index (χ1) is 4.88. The third-order valence-electron chi connectivity index (χ3n) is 1.79. The second-order valence-corrected chi connectivity index (χ2v) is 2.50. The van der Waals surface area contributed by atoms with Crippen LogP contribution in [0.4, 0.5) is 0 Å². The molecule has 0 aromatic heterocycles. The largest absolute Gasteiger partial charge is 0.292 e. The molecule has 0 saturated heterocycles. The molecule has 0 aromatic carbocycles. The lowest BCUT2D eigenvalue weighted by Gasteiger charge is -2.08. The minimum Gasteiger partial charge on any atom is -0.292 e. The molecule has 0 N–H and O–H groups in total. The van der Waals surface area contributed by atoms with Gasteiger partial charge < -0.3 is 0 Å². The summed E-state index contributed by atoms with van der Waals surface area (Å²) in [6, 6.07) is 0. The Morgan fingerprint density at radius 3 is 3.10 bits per heavy atom. The molecular formula is C7H7N2O. The maximum Gasteiger partial charge on any atom is 0.183 e. The van der Waals surface area contributed by atoms with Crippen molar-refractivity contribution in [1.29, 1.82) is 0 Å². The summed E-state index contributed by atoms with van der Waals surface area (Å²) in [7, 11) is 0. The first-order valence-corrected chi connectivity index (χ1v) is 3.38. The van der Waals surface area contributed by atoms with E-state index in [-0.39, 0.29) is 5.78 Å². The van der Waals surface area contributed by atoms with Crippen molar-refractivity contribution in [3.63, 3.8) is 0 Å². The number of hydrogen-bond donors (Lipinski definition) is 0. The summed E-state index contributed by atoms with van der Waals surface area (Å²) in [6.07, 6.45) is 4.26. The van der Waals surface area contributed by atoms with E-state index in [0.717, 1.165) is 18.4 Å². The number of allylic oxidation sites excluding steroid dienone is 2. The van der Waals surface area contributed by atoms with Crippen LogP contribution in [0.3, 0.4) is 0 Å². The van der Waals surface area contributed by atoms with Gasteiger partial charge in [0, 0.05) is 12.0 Å². The second kappa shape index (κ2) is 1.94. The second-order valence-electron chi connectivity index (χ2n) is 2.50. The smallest absolute Gasteiger partial charge is 0.183 e. The standard InChI is InChI=1S/C7H7N2O/c10-6-3-1-2-5-4-8-9-7(5)6/h4H,1-3H2. The maximum absolute atomic E-state index is 11.0. The zero-order valence-electron chi connectivity index (χ0n) is 5.50. The van der Waals surface area contributed by atoms with Gasteiger partial charge in [0.1, 0.15) is 5.70 Å². The van der Waals surface area contributed by atoms with E-state index < -0.39 is 0 Å². The average molecular weight is 135 g/mol. The fourth-order valence-corrected chi connectivity index (χ4v) is 1.26. The SMILES string of the molecule is O=C1CCCC2=C1[N]N=C2. The molecular weight excluding hydrogens is 128 g/mol. The van der Waals surface area contributed by atoms with E-state index in [1.165, 1.54) is 0 Å². The van der Waals surface area contributed by atoms with Crippen LogP contribution in [0, 0.1) is 0 Å². The minimum absolute atomic E-state index is 0.152. The molecule has 1 radical (unpaired) electrons. The summed E-state index contributed by atoms with van der Waals surface area (Å²) >= 11 is 0. The van der Waals surface area contributed by atoms with Crippen molar-refractivity contribution in [3.8, 4) is 0 Å². The number of ketones is 1. The predicted octanol–water partition coefficient (Wildman–Crippen LogP) is 0.597. The van der Waals surface area contributed by atoms with Crippen LogP contribution in [0.2, 0.25) is 0 Å². The summed E-state index contributed by atoms with van der Waals surface area (Å²) in [5.41, 5.74) is 5.37. The van der Waals surface area contributed by atoms with Gasteiger partial charge in [-0.1, -0.05) is 0 Å². The Morgan fingerprint density at radius 2 is 2.30 bits per heavy atom. The number of nitrogens with zero attached hydrogens (tertiary/aromatic N) is 2. The summed E-state index contributed by atoms with van der Waals surface area (Å²) in [5.74, 6) is 0.152. The van der Waals surface area contributed by atoms with E-state index in [9.17, 15) is 4.79 Å². The molecule has 0 spiro atoms. The summed E-state index contributed by atoms with van der Waals surface area (Å²) in [5, 5.41) is 3.68. The summed E-state index contributed by atoms with van der Waals surface area (Å²) in [4.78, 5) is 11.0. The normalized spacial score (nSPS) is 23.0. The highest BCUT2D eigenvalue weighted by Crippen LogP contribution is 2.22. The van der Waals surface area contributed by atoms with Crippen molar-refractivity contribution in [2.75, 3.05) is 0 Å². The molecule has 0 aromatic rings. The van der Waals surface area contributed by atoms with Crippen LogP contribution in [0.5, 0.6) is 0 Å². The van der Waals surface area contributed by atoms with Crippen molar-refractivity contribution < 1.29 is 4.79 Å². The zero-order valence-corrected chi connectivity index (χ0v) is 5.50. The third kappa shape index (κ3) is 0.667. The van der Waals surface area contributed by atoms with Crippen molar-refractivity contribution in [1.82, 2.24) is 5.43 Å². The van der Waals surface area contributed by atoms with Crippen LogP contribution in [0.1, 0.15) is 19.3 Å². The van der Waals surface area contributed by atoms with Crippen molar-refractivity contribution in [3.05, 3.63) is 11.3 Å². The summed E-state index contributed by atoms with van der Waals surface area (Å²) in [6.45, 7) is 0. The van der Waals surface area contributed by atoms with Crippen LogP contribution in [-0.4, -0.2) is 12.0 Å². The number of carbonyl (C=O) groups is 1. The maximum atomic E-state index is 11.0. The molecule has 2 rings (SSSR count). The van der Waals surface area contributed by atoms with E-state index in [1.54, 1.807) is 6.21 Å². The van der Waals surface area contributed by atoms with Crippen molar-refractivity contribution in [2.24, 2.45) is 5.10 Å². The van der Waals surface area contributed by atoms with E-state index in [4.69, 9.17) is 0 Å². The van der Waals surface area contributed by atoms with Gasteiger partial charge in [-0.25, -0.2) is 0 Å². The molecule has 3 heteroatoms. The molecule has 0 fully saturated rings. The van der Waals surface area contributed by atoms with Gasteiger partial charge in [0.15, 0.2) is 5.78 Å². The molecule has 1 aliphatic heterocycles. The van der Waals surface area contributed by atoms with Gasteiger partial charge in [0.25, 0.3) is 0 Å². The van der Waals surface area contributed by atoms with Gasteiger partial charge in [-0.3, -0.25) is 4.79 Å². The molecule has 1 aliphatic carbocycles. The van der Waals surface area contributed by atoms with Crippen LogP contribution >= 0.6 is 0 Å². The average Bonchev–Trinajstić information content (AvgIpc) is 2.36. The van der Waals surface area contributed by atoms with Gasteiger partial charge >= 0.3 is 0 Å². The van der Waals surface area contributed by atoms with Crippen LogP contribution in [0.15, 0.2) is 16.4 Å². The fraction of sp³-hybridized carbons (Fsp3) is 0.429. The van der Waals surface area contributed by atoms with Gasteiger partial charge in [-0.2, -0.15) is 5.10 Å². The molecule has 3 nitrogen and oxygen atoms in total. The Balaban J connectivity index is 2.36. The highest BCUT2D eigenvalue weighted by Gasteiger charge is 2.23. The molecule has 1 heterocycles. The van der Waals surface area contributed by atoms with Crippen molar-refractivity contribution >= 4 is 12.0 Å². The first-order valence-electron chi connectivity index (χ1n) is 3.38. The number of carbonyl (C=O) groups excluding carboxylic acids is 1. The Morgan fingerprint density at radius 1 is 1.40 bits per heavy atom. The third-order valence-corrected chi connectivity index (χ3v) is 1.79. The monoisotopic (exact) mass is 135 g/mol. The van der Waals surface area contributed by atoms with Gasteiger partial charge in [-0.05, 0) is 12.8 Å². The summed E-state index contributed by atoms with van der Waals surface area (Å²) < 4.78 is 0. The topological polar surface area (TPSA) is 43.5 Å². The highest BCUT2D eigenvalue weighted by atomic mass is 16.1. The molecule has 0 amide bonds. The zero-order chi connectivity index (χ0) is 6.97. The lowest BCUT2D eigenvalue weighted by atomic mass is 9.97. The number of hydrogen-bond acceptors (Lipinski definition) is 2. The lowest BCUT2D eigenvalue weighted by Crippen LogP contribution is -2.13. The molecule has 0 saturated carbocycles. The Kier molecular flexibility index (Phi) is 1.09. The quantitative estimate of drug-likeness (QED) is 0.479. The number of Topliss-reactive ketones (excluding diaryl/α,β-unsaturated/α-hetero) is 1. The fourth-order valence-electron chi connectivity index (χ4n) is 1.26. The lowest BCUT2D eigenvalue weighted by molar-refractivity contribution is -0.116. The van der Waals surface area contributed by atoms with E-state index in [2.05, 4.69) is 10.5 Å². The molecule has 0 bridgehead atoms. The van der Waals surface area contributed by atoms with E-state index >= 15 is 0 Å². The predicted molar refractivity (Wildman–Crippen MR) is 36.5 cm³/mol. The van der Waals surface area contributed by atoms with Gasteiger partial charge in [0.05, 0.1) is 6.21 Å². The van der Waals surface area contributed by atoms with Crippen LogP contribution in [-0.2, 0) is 4.79 Å². The van der Waals surface area contributed by atoms with Gasteiger partial charge in [0.2, 0.25) is 0 Å². The van der Waals surface area contributed by atoms with Crippen LogP contribution < -0.4 is 5.43 Å². The van der Waals surface area contributed by atoms with E-state index in [0.29, 0.717) is 12.1 Å². The Bertz CT molecular complexity index is 240. The molecule has 2 aliphatic rings. The highest BCUT2D eigenvalue weighted by molar-refractivity contribution is 6.03.